The largest absolute Gasteiger partial charge is 0.347 e. The van der Waals surface area contributed by atoms with Gasteiger partial charge in [0.2, 0.25) is 0 Å². The minimum Gasteiger partial charge on any atom is -0.347 e. The first-order chi connectivity index (χ1) is 14.9. The van der Waals surface area contributed by atoms with E-state index < -0.39 is 0 Å². The Hall–Kier alpha value is -2.86. The molecule has 0 unspecified atom stereocenters. The molecule has 156 valence electrons. The van der Waals surface area contributed by atoms with Crippen molar-refractivity contribution in [1.82, 2.24) is 14.9 Å². The van der Waals surface area contributed by atoms with Crippen LogP contribution in [0.4, 0.5) is 4.39 Å². The Labute approximate surface area is 193 Å². The van der Waals surface area contributed by atoms with Gasteiger partial charge in [0.05, 0.1) is 5.02 Å². The predicted molar refractivity (Wildman–Crippen MR) is 122 cm³/mol. The lowest BCUT2D eigenvalue weighted by Crippen LogP contribution is -2.23. The number of hydrogen-bond donors (Lipinski definition) is 1. The highest BCUT2D eigenvalue weighted by Crippen LogP contribution is 2.31. The van der Waals surface area contributed by atoms with Crippen LogP contribution in [0.5, 0.6) is 0 Å². The van der Waals surface area contributed by atoms with Crippen molar-refractivity contribution in [3.05, 3.63) is 105 Å². The zero-order chi connectivity index (χ0) is 22.0. The van der Waals surface area contributed by atoms with Crippen molar-refractivity contribution in [3.63, 3.8) is 0 Å². The highest BCUT2D eigenvalue weighted by atomic mass is 35.5. The van der Waals surface area contributed by atoms with E-state index in [2.05, 4.69) is 10.3 Å². The van der Waals surface area contributed by atoms with E-state index in [1.165, 1.54) is 12.1 Å². The summed E-state index contributed by atoms with van der Waals surface area (Å²) in [4.78, 5) is 17.3. The van der Waals surface area contributed by atoms with E-state index in [1.54, 1.807) is 53.2 Å². The summed E-state index contributed by atoms with van der Waals surface area (Å²) in [5.74, 6) is -0.222. The van der Waals surface area contributed by atoms with Gasteiger partial charge >= 0.3 is 0 Å². The van der Waals surface area contributed by atoms with Crippen LogP contribution in [0.15, 0.2) is 72.9 Å². The van der Waals surface area contributed by atoms with E-state index in [-0.39, 0.29) is 24.0 Å². The second-order valence-electron chi connectivity index (χ2n) is 6.73. The molecule has 0 aliphatic heterocycles. The average Bonchev–Trinajstić information content (AvgIpc) is 3.19. The van der Waals surface area contributed by atoms with Crippen LogP contribution in [0.3, 0.4) is 0 Å². The molecule has 0 saturated carbocycles. The fraction of sp³-hybridized carbons (Fsp3) is 0.0435. The Balaban J connectivity index is 1.69. The first kappa shape index (κ1) is 21.4. The lowest BCUT2D eigenvalue weighted by atomic mass is 10.2. The minimum atomic E-state index is -0.372. The van der Waals surface area contributed by atoms with Gasteiger partial charge in [-0.05, 0) is 60.2 Å². The molecule has 4 aromatic rings. The molecule has 31 heavy (non-hydrogen) atoms. The zero-order valence-corrected chi connectivity index (χ0v) is 18.2. The number of imidazole rings is 1. The van der Waals surface area contributed by atoms with Gasteiger partial charge in [-0.25, -0.2) is 9.37 Å². The van der Waals surface area contributed by atoms with Gasteiger partial charge < -0.3 is 5.32 Å². The number of hydrogen-bond acceptors (Lipinski definition) is 2. The molecule has 4 nitrogen and oxygen atoms in total. The minimum absolute atomic E-state index is 0.207. The number of halogens is 4. The molecule has 4 rings (SSSR count). The molecule has 1 heterocycles. The van der Waals surface area contributed by atoms with Crippen molar-refractivity contribution in [2.45, 2.75) is 6.54 Å². The zero-order valence-electron chi connectivity index (χ0n) is 15.9. The Bertz CT molecular complexity index is 1240. The van der Waals surface area contributed by atoms with E-state index in [0.717, 1.165) is 11.3 Å². The molecule has 1 aromatic heterocycles. The van der Waals surface area contributed by atoms with Crippen molar-refractivity contribution in [1.29, 1.82) is 0 Å². The molecule has 0 fully saturated rings. The number of rotatable bonds is 5. The third-order valence-corrected chi connectivity index (χ3v) is 5.38. The quantitative estimate of drug-likeness (QED) is 0.356. The maximum atomic E-state index is 13.1. The van der Waals surface area contributed by atoms with E-state index >= 15 is 0 Å². The Morgan fingerprint density at radius 1 is 0.935 bits per heavy atom. The summed E-state index contributed by atoms with van der Waals surface area (Å²) in [5.41, 5.74) is 2.36. The third kappa shape index (κ3) is 4.90. The predicted octanol–water partition coefficient (Wildman–Crippen LogP) is 6.57. The van der Waals surface area contributed by atoms with Gasteiger partial charge in [0, 0.05) is 34.0 Å². The summed E-state index contributed by atoms with van der Waals surface area (Å²) in [7, 11) is 0. The summed E-state index contributed by atoms with van der Waals surface area (Å²) in [6.07, 6.45) is 1.63. The number of nitrogens with one attached hydrogen (secondary N) is 1. The fourth-order valence-electron chi connectivity index (χ4n) is 3.02. The number of carbonyl (C=O) groups is 1. The number of amides is 1. The van der Waals surface area contributed by atoms with Crippen LogP contribution in [-0.4, -0.2) is 15.5 Å². The second kappa shape index (κ2) is 9.10. The number of carbonyl (C=O) groups excluding carboxylic acids is 1. The molecular formula is C23H15Cl3FN3O. The summed E-state index contributed by atoms with van der Waals surface area (Å²) in [5, 5.41) is 4.29. The van der Waals surface area contributed by atoms with Gasteiger partial charge in [-0.2, -0.15) is 0 Å². The summed E-state index contributed by atoms with van der Waals surface area (Å²) >= 11 is 18.4. The van der Waals surface area contributed by atoms with Gasteiger partial charge in [0.25, 0.3) is 5.91 Å². The fourth-order valence-corrected chi connectivity index (χ4v) is 3.64. The van der Waals surface area contributed by atoms with E-state index in [4.69, 9.17) is 34.8 Å². The molecule has 3 aromatic carbocycles. The first-order valence-corrected chi connectivity index (χ1v) is 10.4. The topological polar surface area (TPSA) is 46.9 Å². The molecule has 8 heteroatoms. The molecule has 0 radical (unpaired) electrons. The Morgan fingerprint density at radius 2 is 1.61 bits per heavy atom. The summed E-state index contributed by atoms with van der Waals surface area (Å²) in [6.45, 7) is 0.240. The van der Waals surface area contributed by atoms with E-state index in [9.17, 15) is 9.18 Å². The van der Waals surface area contributed by atoms with Crippen LogP contribution in [0, 0.1) is 5.82 Å². The van der Waals surface area contributed by atoms with Crippen LogP contribution < -0.4 is 5.32 Å². The molecular weight excluding hydrogens is 460 g/mol. The summed E-state index contributed by atoms with van der Waals surface area (Å²) < 4.78 is 14.8. The van der Waals surface area contributed by atoms with Crippen molar-refractivity contribution >= 4 is 40.7 Å². The van der Waals surface area contributed by atoms with Crippen LogP contribution >= 0.6 is 34.8 Å². The lowest BCUT2D eigenvalue weighted by molar-refractivity contribution is 0.0946. The van der Waals surface area contributed by atoms with Crippen LogP contribution in [0.1, 0.15) is 16.1 Å². The van der Waals surface area contributed by atoms with Crippen molar-refractivity contribution in [2.24, 2.45) is 0 Å². The van der Waals surface area contributed by atoms with Gasteiger partial charge in [-0.3, -0.25) is 9.36 Å². The van der Waals surface area contributed by atoms with Crippen molar-refractivity contribution in [3.8, 4) is 17.1 Å². The van der Waals surface area contributed by atoms with Gasteiger partial charge in [-0.15, -0.1) is 0 Å². The standard InChI is InChI=1S/C23H15Cl3FN3O/c24-15-3-8-18(9-4-15)30-13-21(23(31)28-12-14-1-6-17(27)7-2-14)29-22(30)19-10-5-16(25)11-20(19)26/h1-11,13H,12H2,(H,28,31). The van der Waals surface area contributed by atoms with Crippen molar-refractivity contribution < 1.29 is 9.18 Å². The number of aromatic nitrogens is 2. The maximum Gasteiger partial charge on any atom is 0.271 e. The van der Waals surface area contributed by atoms with Crippen molar-refractivity contribution in [2.75, 3.05) is 0 Å². The van der Waals surface area contributed by atoms with E-state index in [1.807, 2.05) is 12.1 Å². The highest BCUT2D eigenvalue weighted by Gasteiger charge is 2.18. The number of nitrogens with zero attached hydrogens (tertiary/aromatic N) is 2. The van der Waals surface area contributed by atoms with Gasteiger partial charge in [0.1, 0.15) is 17.3 Å². The Morgan fingerprint density at radius 3 is 2.29 bits per heavy atom. The maximum absolute atomic E-state index is 13.1. The second-order valence-corrected chi connectivity index (χ2v) is 8.01. The Kier molecular flexibility index (Phi) is 6.28. The first-order valence-electron chi connectivity index (χ1n) is 9.24. The van der Waals surface area contributed by atoms with Gasteiger partial charge in [-0.1, -0.05) is 46.9 Å². The molecule has 0 atom stereocenters. The molecule has 0 saturated heterocycles. The molecule has 1 amide bonds. The molecule has 1 N–H and O–H groups in total. The van der Waals surface area contributed by atoms with E-state index in [0.29, 0.717) is 26.5 Å². The average molecular weight is 475 g/mol. The molecule has 0 aliphatic rings. The third-order valence-electron chi connectivity index (χ3n) is 4.58. The van der Waals surface area contributed by atoms with Crippen LogP contribution in [0.25, 0.3) is 17.1 Å². The normalized spacial score (nSPS) is 10.8. The SMILES string of the molecule is O=C(NCc1ccc(F)cc1)c1cn(-c2ccc(Cl)cc2)c(-c2ccc(Cl)cc2Cl)n1. The molecule has 0 bridgehead atoms. The molecule has 0 spiro atoms. The van der Waals surface area contributed by atoms with Crippen LogP contribution in [0.2, 0.25) is 15.1 Å². The van der Waals surface area contributed by atoms with Gasteiger partial charge in [0.15, 0.2) is 0 Å². The monoisotopic (exact) mass is 473 g/mol. The highest BCUT2D eigenvalue weighted by molar-refractivity contribution is 6.36. The summed E-state index contributed by atoms with van der Waals surface area (Å²) in [6, 6.07) is 18.1. The smallest absolute Gasteiger partial charge is 0.271 e. The number of benzene rings is 3. The molecule has 0 aliphatic carbocycles. The van der Waals surface area contributed by atoms with Crippen LogP contribution in [-0.2, 0) is 6.54 Å². The lowest BCUT2D eigenvalue weighted by Gasteiger charge is -2.09.